The van der Waals surface area contributed by atoms with Crippen molar-refractivity contribution in [2.75, 3.05) is 0 Å². The summed E-state index contributed by atoms with van der Waals surface area (Å²) >= 11 is 5.92. The average Bonchev–Trinajstić information content (AvgIpc) is 2.17. The van der Waals surface area contributed by atoms with Crippen molar-refractivity contribution in [3.8, 4) is 5.75 Å². The molecule has 0 aliphatic carbocycles. The Bertz CT molecular complexity index is 485. The van der Waals surface area contributed by atoms with Crippen molar-refractivity contribution < 1.29 is 4.74 Å². The van der Waals surface area contributed by atoms with Crippen molar-refractivity contribution in [2.45, 2.75) is 20.0 Å². The van der Waals surface area contributed by atoms with Crippen LogP contribution < -0.4 is 4.74 Å². The van der Waals surface area contributed by atoms with Gasteiger partial charge in [-0.3, -0.25) is 0 Å². The third-order valence-electron chi connectivity index (χ3n) is 1.93. The highest BCUT2D eigenvalue weighted by molar-refractivity contribution is 6.34. The van der Waals surface area contributed by atoms with Gasteiger partial charge in [0.25, 0.3) is 0 Å². The topological polar surface area (TPSA) is 35.0 Å². The molecular weight excluding hydrogens is 212 g/mol. The van der Waals surface area contributed by atoms with Crippen LogP contribution in [-0.2, 0) is 0 Å². The zero-order valence-corrected chi connectivity index (χ0v) is 9.32. The zero-order chi connectivity index (χ0) is 10.8. The molecule has 1 heterocycles. The monoisotopic (exact) mass is 222 g/mol. The second kappa shape index (κ2) is 4.03. The first kappa shape index (κ1) is 10.2. The first-order chi connectivity index (χ1) is 7.16. The molecular formula is C11H11ClN2O. The molecule has 4 heteroatoms. The van der Waals surface area contributed by atoms with Crippen LogP contribution >= 0.6 is 11.6 Å². The number of fused-ring (bicyclic) bond motifs is 1. The molecule has 0 spiro atoms. The average molecular weight is 223 g/mol. The van der Waals surface area contributed by atoms with Crippen molar-refractivity contribution in [3.63, 3.8) is 0 Å². The number of ether oxygens (including phenoxy) is 1. The lowest BCUT2D eigenvalue weighted by molar-refractivity contribution is 0.242. The number of nitrogens with zero attached hydrogens (tertiary/aromatic N) is 2. The SMILES string of the molecule is CC(C)Oc1ccc2c(Cl)ncnc2c1. The Hall–Kier alpha value is -1.35. The van der Waals surface area contributed by atoms with Crippen LogP contribution in [0.15, 0.2) is 24.5 Å². The van der Waals surface area contributed by atoms with E-state index in [0.717, 1.165) is 16.7 Å². The Morgan fingerprint density at radius 3 is 2.80 bits per heavy atom. The van der Waals surface area contributed by atoms with Gasteiger partial charge in [-0.05, 0) is 26.0 Å². The predicted molar refractivity (Wildman–Crippen MR) is 60.3 cm³/mol. The molecule has 0 amide bonds. The number of halogens is 1. The summed E-state index contributed by atoms with van der Waals surface area (Å²) in [4.78, 5) is 8.05. The Balaban J connectivity index is 2.48. The van der Waals surface area contributed by atoms with Gasteiger partial charge in [0, 0.05) is 11.5 Å². The first-order valence-corrected chi connectivity index (χ1v) is 5.11. The molecule has 0 fully saturated rings. The molecule has 78 valence electrons. The molecule has 0 N–H and O–H groups in total. The molecule has 15 heavy (non-hydrogen) atoms. The van der Waals surface area contributed by atoms with E-state index in [-0.39, 0.29) is 6.10 Å². The Labute approximate surface area is 93.1 Å². The van der Waals surface area contributed by atoms with Gasteiger partial charge in [-0.2, -0.15) is 0 Å². The highest BCUT2D eigenvalue weighted by Crippen LogP contribution is 2.23. The van der Waals surface area contributed by atoms with Gasteiger partial charge in [0.05, 0.1) is 11.6 Å². The molecule has 0 unspecified atom stereocenters. The van der Waals surface area contributed by atoms with Crippen LogP contribution in [0.1, 0.15) is 13.8 Å². The lowest BCUT2D eigenvalue weighted by Gasteiger charge is -2.09. The molecule has 1 aromatic heterocycles. The van der Waals surface area contributed by atoms with Gasteiger partial charge in [0.1, 0.15) is 17.2 Å². The lowest BCUT2D eigenvalue weighted by atomic mass is 10.2. The minimum Gasteiger partial charge on any atom is -0.491 e. The van der Waals surface area contributed by atoms with Crippen LogP contribution in [0.4, 0.5) is 0 Å². The van der Waals surface area contributed by atoms with E-state index in [1.807, 2.05) is 32.0 Å². The van der Waals surface area contributed by atoms with E-state index >= 15 is 0 Å². The molecule has 0 saturated carbocycles. The highest BCUT2D eigenvalue weighted by Gasteiger charge is 2.03. The fourth-order valence-corrected chi connectivity index (χ4v) is 1.55. The smallest absolute Gasteiger partial charge is 0.140 e. The summed E-state index contributed by atoms with van der Waals surface area (Å²) in [6, 6.07) is 5.61. The maximum atomic E-state index is 5.92. The molecule has 0 saturated heterocycles. The summed E-state index contributed by atoms with van der Waals surface area (Å²) in [5.41, 5.74) is 0.799. The number of benzene rings is 1. The van der Waals surface area contributed by atoms with Crippen molar-refractivity contribution in [1.82, 2.24) is 9.97 Å². The van der Waals surface area contributed by atoms with Crippen molar-refractivity contribution in [2.24, 2.45) is 0 Å². The van der Waals surface area contributed by atoms with Crippen LogP contribution in [0, 0.1) is 0 Å². The van der Waals surface area contributed by atoms with Gasteiger partial charge in [0.15, 0.2) is 0 Å². The second-order valence-corrected chi connectivity index (χ2v) is 3.87. The van der Waals surface area contributed by atoms with Crippen molar-refractivity contribution >= 4 is 22.5 Å². The van der Waals surface area contributed by atoms with E-state index in [2.05, 4.69) is 9.97 Å². The van der Waals surface area contributed by atoms with Crippen LogP contribution in [0.2, 0.25) is 5.15 Å². The van der Waals surface area contributed by atoms with Crippen LogP contribution in [0.3, 0.4) is 0 Å². The third kappa shape index (κ3) is 2.18. The quantitative estimate of drug-likeness (QED) is 0.733. The van der Waals surface area contributed by atoms with Gasteiger partial charge < -0.3 is 4.74 Å². The molecule has 2 rings (SSSR count). The Morgan fingerprint density at radius 1 is 1.27 bits per heavy atom. The molecule has 3 nitrogen and oxygen atoms in total. The molecule has 0 aliphatic rings. The van der Waals surface area contributed by atoms with Gasteiger partial charge in [-0.25, -0.2) is 9.97 Å². The maximum Gasteiger partial charge on any atom is 0.140 e. The number of hydrogen-bond donors (Lipinski definition) is 0. The zero-order valence-electron chi connectivity index (χ0n) is 8.57. The number of rotatable bonds is 2. The Kier molecular flexibility index (Phi) is 2.73. The van der Waals surface area contributed by atoms with Crippen LogP contribution in [0.5, 0.6) is 5.75 Å². The van der Waals surface area contributed by atoms with E-state index in [0.29, 0.717) is 5.15 Å². The molecule has 0 atom stereocenters. The van der Waals surface area contributed by atoms with Gasteiger partial charge in [0.2, 0.25) is 0 Å². The Morgan fingerprint density at radius 2 is 2.07 bits per heavy atom. The summed E-state index contributed by atoms with van der Waals surface area (Å²) < 4.78 is 5.56. The van der Waals surface area contributed by atoms with Crippen LogP contribution in [0.25, 0.3) is 10.9 Å². The summed E-state index contributed by atoms with van der Waals surface area (Å²) in [7, 11) is 0. The minimum atomic E-state index is 0.153. The fraction of sp³-hybridized carbons (Fsp3) is 0.273. The lowest BCUT2D eigenvalue weighted by Crippen LogP contribution is -2.05. The van der Waals surface area contributed by atoms with Gasteiger partial charge >= 0.3 is 0 Å². The van der Waals surface area contributed by atoms with Crippen molar-refractivity contribution in [1.29, 1.82) is 0 Å². The second-order valence-electron chi connectivity index (χ2n) is 3.51. The van der Waals surface area contributed by atoms with Gasteiger partial charge in [-0.1, -0.05) is 11.6 Å². The molecule has 1 aromatic carbocycles. The number of hydrogen-bond acceptors (Lipinski definition) is 3. The van der Waals surface area contributed by atoms with E-state index in [1.54, 1.807) is 0 Å². The maximum absolute atomic E-state index is 5.92. The minimum absolute atomic E-state index is 0.153. The molecule has 0 aliphatic heterocycles. The summed E-state index contributed by atoms with van der Waals surface area (Å²) in [5.74, 6) is 0.798. The summed E-state index contributed by atoms with van der Waals surface area (Å²) in [6.07, 6.45) is 1.60. The summed E-state index contributed by atoms with van der Waals surface area (Å²) in [6.45, 7) is 3.97. The highest BCUT2D eigenvalue weighted by atomic mass is 35.5. The summed E-state index contributed by atoms with van der Waals surface area (Å²) in [5, 5.41) is 1.31. The van der Waals surface area contributed by atoms with Gasteiger partial charge in [-0.15, -0.1) is 0 Å². The fourth-order valence-electron chi connectivity index (χ4n) is 1.35. The standard InChI is InChI=1S/C11H11ClN2O/c1-7(2)15-8-3-4-9-10(5-8)13-6-14-11(9)12/h3-7H,1-2H3. The largest absolute Gasteiger partial charge is 0.491 e. The van der Waals surface area contributed by atoms with Crippen molar-refractivity contribution in [3.05, 3.63) is 29.7 Å². The number of aromatic nitrogens is 2. The predicted octanol–water partition coefficient (Wildman–Crippen LogP) is 3.07. The van der Waals surface area contributed by atoms with Crippen LogP contribution in [-0.4, -0.2) is 16.1 Å². The molecule has 0 radical (unpaired) electrons. The third-order valence-corrected chi connectivity index (χ3v) is 2.23. The normalized spacial score (nSPS) is 10.9. The molecule has 2 aromatic rings. The van der Waals surface area contributed by atoms with E-state index in [1.165, 1.54) is 6.33 Å². The van der Waals surface area contributed by atoms with E-state index in [4.69, 9.17) is 16.3 Å². The first-order valence-electron chi connectivity index (χ1n) is 4.74. The molecule has 0 bridgehead atoms. The van der Waals surface area contributed by atoms with E-state index in [9.17, 15) is 0 Å². The van der Waals surface area contributed by atoms with E-state index < -0.39 is 0 Å².